The van der Waals surface area contributed by atoms with E-state index in [4.69, 9.17) is 10.4 Å². The van der Waals surface area contributed by atoms with Crippen molar-refractivity contribution in [2.24, 2.45) is 5.92 Å². The summed E-state index contributed by atoms with van der Waals surface area (Å²) in [5.41, 5.74) is 0. The fraction of sp³-hybridized carbons (Fsp3) is 0.800. The van der Waals surface area contributed by atoms with Crippen molar-refractivity contribution in [3.8, 4) is 6.07 Å². The predicted octanol–water partition coefficient (Wildman–Crippen LogP) is 0.765. The number of rotatable bonds is 5. The first-order valence-electron chi connectivity index (χ1n) is 4.85. The fourth-order valence-corrected chi connectivity index (χ4v) is 1.17. The molecule has 0 aliphatic rings. The second-order valence-corrected chi connectivity index (χ2v) is 3.55. The number of carbonyl (C=O) groups excluding carboxylic acids is 1. The van der Waals surface area contributed by atoms with Gasteiger partial charge in [0.2, 0.25) is 5.91 Å². The van der Waals surface area contributed by atoms with Crippen molar-refractivity contribution in [3.63, 3.8) is 0 Å². The molecule has 0 bridgehead atoms. The van der Waals surface area contributed by atoms with Crippen LogP contribution in [0.2, 0.25) is 0 Å². The summed E-state index contributed by atoms with van der Waals surface area (Å²) in [6.07, 6.45) is 0.558. The normalized spacial score (nSPS) is 12.3. The summed E-state index contributed by atoms with van der Waals surface area (Å²) >= 11 is 0. The SMILES string of the molecule is CC(C#N)C(=O)N(CCCO)C(C)C. The van der Waals surface area contributed by atoms with E-state index in [2.05, 4.69) is 0 Å². The topological polar surface area (TPSA) is 64.3 Å². The Balaban J connectivity index is 4.35. The molecule has 0 radical (unpaired) electrons. The van der Waals surface area contributed by atoms with Crippen molar-refractivity contribution in [1.82, 2.24) is 4.90 Å². The Hall–Kier alpha value is -1.08. The third kappa shape index (κ3) is 3.75. The number of aliphatic hydroxyl groups excluding tert-OH is 1. The van der Waals surface area contributed by atoms with Crippen LogP contribution >= 0.6 is 0 Å². The van der Waals surface area contributed by atoms with Gasteiger partial charge in [-0.15, -0.1) is 0 Å². The molecule has 0 aromatic carbocycles. The zero-order chi connectivity index (χ0) is 11.1. The van der Waals surface area contributed by atoms with Crippen molar-refractivity contribution >= 4 is 5.91 Å². The summed E-state index contributed by atoms with van der Waals surface area (Å²) in [6, 6.07) is 2.00. The van der Waals surface area contributed by atoms with Crippen LogP contribution < -0.4 is 0 Å². The lowest BCUT2D eigenvalue weighted by atomic mass is 10.1. The van der Waals surface area contributed by atoms with E-state index < -0.39 is 5.92 Å². The van der Waals surface area contributed by atoms with Gasteiger partial charge in [-0.05, 0) is 27.2 Å². The Morgan fingerprint density at radius 1 is 1.50 bits per heavy atom. The maximum atomic E-state index is 11.6. The highest BCUT2D eigenvalue weighted by Crippen LogP contribution is 2.06. The van der Waals surface area contributed by atoms with Crippen LogP contribution in [0, 0.1) is 17.2 Å². The summed E-state index contributed by atoms with van der Waals surface area (Å²) in [5.74, 6) is -0.757. The molecule has 0 fully saturated rings. The molecule has 0 rings (SSSR count). The van der Waals surface area contributed by atoms with E-state index in [1.54, 1.807) is 11.8 Å². The summed E-state index contributed by atoms with van der Waals surface area (Å²) in [7, 11) is 0. The van der Waals surface area contributed by atoms with Gasteiger partial charge < -0.3 is 10.0 Å². The van der Waals surface area contributed by atoms with Gasteiger partial charge in [-0.25, -0.2) is 0 Å². The van der Waals surface area contributed by atoms with Crippen molar-refractivity contribution in [3.05, 3.63) is 0 Å². The number of carbonyl (C=O) groups is 1. The second-order valence-electron chi connectivity index (χ2n) is 3.55. The third-order valence-electron chi connectivity index (χ3n) is 2.03. The molecule has 1 N–H and O–H groups in total. The zero-order valence-corrected chi connectivity index (χ0v) is 9.03. The van der Waals surface area contributed by atoms with Crippen LogP contribution in [0.4, 0.5) is 0 Å². The van der Waals surface area contributed by atoms with Gasteiger partial charge in [0.25, 0.3) is 0 Å². The predicted molar refractivity (Wildman–Crippen MR) is 53.3 cm³/mol. The molecular formula is C10H18N2O2. The highest BCUT2D eigenvalue weighted by Gasteiger charge is 2.21. The maximum Gasteiger partial charge on any atom is 0.239 e. The first kappa shape index (κ1) is 12.9. The standard InChI is InChI=1S/C10H18N2O2/c1-8(2)12(5-4-6-13)10(14)9(3)7-11/h8-9,13H,4-6H2,1-3H3. The average Bonchev–Trinajstić information content (AvgIpc) is 2.16. The molecule has 0 aromatic rings. The van der Waals surface area contributed by atoms with Gasteiger partial charge in [0, 0.05) is 19.2 Å². The molecule has 1 atom stereocenters. The van der Waals surface area contributed by atoms with Gasteiger partial charge >= 0.3 is 0 Å². The second kappa shape index (κ2) is 6.39. The quantitative estimate of drug-likeness (QED) is 0.709. The van der Waals surface area contributed by atoms with E-state index in [1.165, 1.54) is 0 Å². The summed E-state index contributed by atoms with van der Waals surface area (Å²) in [4.78, 5) is 13.3. The van der Waals surface area contributed by atoms with Crippen LogP contribution in [0.5, 0.6) is 0 Å². The number of hydrogen-bond donors (Lipinski definition) is 1. The Labute approximate surface area is 85.1 Å². The van der Waals surface area contributed by atoms with Crippen LogP contribution in [-0.2, 0) is 4.79 Å². The minimum Gasteiger partial charge on any atom is -0.396 e. The average molecular weight is 198 g/mol. The van der Waals surface area contributed by atoms with Gasteiger partial charge in [0.05, 0.1) is 6.07 Å². The van der Waals surface area contributed by atoms with Crippen LogP contribution in [0.25, 0.3) is 0 Å². The Kier molecular flexibility index (Phi) is 5.89. The highest BCUT2D eigenvalue weighted by molar-refractivity contribution is 5.81. The molecule has 0 aromatic heterocycles. The van der Waals surface area contributed by atoms with E-state index in [1.807, 2.05) is 19.9 Å². The van der Waals surface area contributed by atoms with Gasteiger partial charge in [0.15, 0.2) is 0 Å². The van der Waals surface area contributed by atoms with Crippen molar-refractivity contribution in [2.75, 3.05) is 13.2 Å². The zero-order valence-electron chi connectivity index (χ0n) is 9.03. The molecule has 0 saturated carbocycles. The van der Waals surface area contributed by atoms with Gasteiger partial charge in [0.1, 0.15) is 5.92 Å². The first-order valence-corrected chi connectivity index (χ1v) is 4.85. The molecule has 14 heavy (non-hydrogen) atoms. The van der Waals surface area contributed by atoms with E-state index >= 15 is 0 Å². The number of aliphatic hydroxyl groups is 1. The molecule has 4 nitrogen and oxygen atoms in total. The van der Waals surface area contributed by atoms with Crippen LogP contribution in [0.15, 0.2) is 0 Å². The maximum absolute atomic E-state index is 11.6. The molecule has 4 heteroatoms. The molecule has 80 valence electrons. The van der Waals surface area contributed by atoms with E-state index in [9.17, 15) is 4.79 Å². The largest absolute Gasteiger partial charge is 0.396 e. The smallest absolute Gasteiger partial charge is 0.239 e. The lowest BCUT2D eigenvalue weighted by Crippen LogP contribution is -2.40. The Morgan fingerprint density at radius 2 is 2.07 bits per heavy atom. The minimum absolute atomic E-state index is 0.0669. The van der Waals surface area contributed by atoms with Gasteiger partial charge in [-0.2, -0.15) is 5.26 Å². The number of amides is 1. The van der Waals surface area contributed by atoms with E-state index in [0.717, 1.165) is 0 Å². The van der Waals surface area contributed by atoms with Crippen LogP contribution in [0.3, 0.4) is 0 Å². The molecule has 1 unspecified atom stereocenters. The molecular weight excluding hydrogens is 180 g/mol. The Bertz CT molecular complexity index is 221. The monoisotopic (exact) mass is 198 g/mol. The number of nitriles is 1. The molecule has 0 spiro atoms. The summed E-state index contributed by atoms with van der Waals surface area (Å²) in [5, 5.41) is 17.3. The molecule has 0 aliphatic heterocycles. The molecule has 0 saturated heterocycles. The first-order chi connectivity index (χ1) is 6.54. The highest BCUT2D eigenvalue weighted by atomic mass is 16.3. The number of nitrogens with zero attached hydrogens (tertiary/aromatic N) is 2. The van der Waals surface area contributed by atoms with Crippen LogP contribution in [0.1, 0.15) is 27.2 Å². The van der Waals surface area contributed by atoms with E-state index in [-0.39, 0.29) is 18.6 Å². The van der Waals surface area contributed by atoms with Crippen LogP contribution in [-0.4, -0.2) is 35.1 Å². The summed E-state index contributed by atoms with van der Waals surface area (Å²) in [6.45, 7) is 5.98. The van der Waals surface area contributed by atoms with Crippen molar-refractivity contribution < 1.29 is 9.90 Å². The Morgan fingerprint density at radius 3 is 2.43 bits per heavy atom. The van der Waals surface area contributed by atoms with Gasteiger partial charge in [-0.1, -0.05) is 0 Å². The molecule has 1 amide bonds. The fourth-order valence-electron chi connectivity index (χ4n) is 1.17. The lowest BCUT2D eigenvalue weighted by molar-refractivity contribution is -0.135. The lowest BCUT2D eigenvalue weighted by Gasteiger charge is -2.27. The number of hydrogen-bond acceptors (Lipinski definition) is 3. The molecule has 0 aliphatic carbocycles. The molecule has 0 heterocycles. The van der Waals surface area contributed by atoms with Crippen molar-refractivity contribution in [1.29, 1.82) is 5.26 Å². The van der Waals surface area contributed by atoms with E-state index in [0.29, 0.717) is 13.0 Å². The van der Waals surface area contributed by atoms with Crippen molar-refractivity contribution in [2.45, 2.75) is 33.2 Å². The third-order valence-corrected chi connectivity index (χ3v) is 2.03. The minimum atomic E-state index is -0.601. The summed E-state index contributed by atoms with van der Waals surface area (Å²) < 4.78 is 0. The van der Waals surface area contributed by atoms with Gasteiger partial charge in [-0.3, -0.25) is 4.79 Å².